The molecule has 7 nitrogen and oxygen atoms in total. The Kier molecular flexibility index (Phi) is 11.2. The molecule has 0 aliphatic heterocycles. The smallest absolute Gasteiger partial charge is 0.306 e. The quantitative estimate of drug-likeness (QED) is 0.241. The van der Waals surface area contributed by atoms with Crippen LogP contribution in [0.5, 0.6) is 0 Å². The Labute approximate surface area is 155 Å². The fourth-order valence-corrected chi connectivity index (χ4v) is 2.34. The minimum Gasteiger partial charge on any atom is -0.481 e. The van der Waals surface area contributed by atoms with E-state index in [0.717, 1.165) is 11.1 Å². The number of carbonyl (C=O) groups is 1. The van der Waals surface area contributed by atoms with Crippen LogP contribution in [0.3, 0.4) is 0 Å². The van der Waals surface area contributed by atoms with Crippen LogP contribution in [0.2, 0.25) is 0 Å². The van der Waals surface area contributed by atoms with E-state index in [4.69, 9.17) is 16.7 Å². The van der Waals surface area contributed by atoms with Crippen LogP contribution in [0.4, 0.5) is 4.39 Å². The van der Waals surface area contributed by atoms with E-state index in [0.29, 0.717) is 18.9 Å². The highest BCUT2D eigenvalue weighted by Crippen LogP contribution is 2.15. The fourth-order valence-electron chi connectivity index (χ4n) is 2.34. The number of carboxylic acids is 1. The lowest BCUT2D eigenvalue weighted by molar-refractivity contribution is -0.142. The van der Waals surface area contributed by atoms with Gasteiger partial charge in [0.15, 0.2) is 0 Å². The third-order valence-corrected chi connectivity index (χ3v) is 3.46. The summed E-state index contributed by atoms with van der Waals surface area (Å²) in [6.07, 6.45) is 0.799. The van der Waals surface area contributed by atoms with Crippen LogP contribution in [0.15, 0.2) is 23.3 Å². The van der Waals surface area contributed by atoms with E-state index < -0.39 is 11.9 Å². The van der Waals surface area contributed by atoms with Gasteiger partial charge >= 0.3 is 5.97 Å². The maximum Gasteiger partial charge on any atom is 0.306 e. The molecule has 0 aliphatic carbocycles. The topological polar surface area (TPSA) is 117 Å². The molecule has 0 spiro atoms. The minimum absolute atomic E-state index is 0.108. The molecule has 148 valence electrons. The SMILES string of the molecule is CC(C)CC(C/C(N)=N/NN)C(=O)O.Cc1ccc(CN(C)C)c(F)c1. The number of hydrazone groups is 1. The number of amidine groups is 1. The summed E-state index contributed by atoms with van der Waals surface area (Å²) < 4.78 is 13.2. The van der Waals surface area contributed by atoms with Gasteiger partial charge in [-0.2, -0.15) is 5.10 Å². The fraction of sp³-hybridized carbons (Fsp3) is 0.556. The molecule has 0 aromatic heterocycles. The summed E-state index contributed by atoms with van der Waals surface area (Å²) in [5, 5.41) is 12.4. The van der Waals surface area contributed by atoms with Crippen LogP contribution in [0, 0.1) is 24.6 Å². The number of hydrazine groups is 1. The Morgan fingerprint density at radius 3 is 2.42 bits per heavy atom. The predicted octanol–water partition coefficient (Wildman–Crippen LogP) is 2.05. The first-order valence-corrected chi connectivity index (χ1v) is 8.47. The van der Waals surface area contributed by atoms with Crippen LogP contribution < -0.4 is 17.1 Å². The number of nitrogens with one attached hydrogen (secondary N) is 1. The number of hydrogen-bond donors (Lipinski definition) is 4. The lowest BCUT2D eigenvalue weighted by Gasteiger charge is -2.13. The van der Waals surface area contributed by atoms with E-state index >= 15 is 0 Å². The molecule has 0 aliphatic rings. The number of benzene rings is 1. The molecule has 1 unspecified atom stereocenters. The molecule has 8 heteroatoms. The summed E-state index contributed by atoms with van der Waals surface area (Å²) in [5.41, 5.74) is 9.20. The molecular weight excluding hydrogens is 337 g/mol. The zero-order chi connectivity index (χ0) is 20.3. The maximum atomic E-state index is 13.2. The van der Waals surface area contributed by atoms with Gasteiger partial charge < -0.3 is 15.7 Å². The summed E-state index contributed by atoms with van der Waals surface area (Å²) in [5.74, 6) is 3.99. The van der Waals surface area contributed by atoms with Gasteiger partial charge in [0.2, 0.25) is 0 Å². The highest BCUT2D eigenvalue weighted by atomic mass is 19.1. The second kappa shape index (κ2) is 12.2. The Hall–Kier alpha value is -2.19. The van der Waals surface area contributed by atoms with E-state index in [9.17, 15) is 9.18 Å². The zero-order valence-electron chi connectivity index (χ0n) is 16.3. The second-order valence-corrected chi connectivity index (χ2v) is 6.93. The summed E-state index contributed by atoms with van der Waals surface area (Å²) in [6.45, 7) is 6.48. The molecule has 0 fully saturated rings. The van der Waals surface area contributed by atoms with Crippen molar-refractivity contribution in [2.24, 2.45) is 28.5 Å². The average Bonchev–Trinajstić information content (AvgIpc) is 2.49. The van der Waals surface area contributed by atoms with Crippen LogP contribution in [-0.4, -0.2) is 35.9 Å². The number of aryl methyl sites for hydroxylation is 1. The molecule has 0 saturated heterocycles. The van der Waals surface area contributed by atoms with Crippen molar-refractivity contribution in [3.63, 3.8) is 0 Å². The summed E-state index contributed by atoms with van der Waals surface area (Å²) >= 11 is 0. The molecular formula is C18H32FN5O2. The van der Waals surface area contributed by atoms with Crippen molar-refractivity contribution in [1.82, 2.24) is 10.4 Å². The van der Waals surface area contributed by atoms with E-state index in [-0.39, 0.29) is 18.1 Å². The maximum absolute atomic E-state index is 13.2. The zero-order valence-corrected chi connectivity index (χ0v) is 16.3. The van der Waals surface area contributed by atoms with Crippen molar-refractivity contribution < 1.29 is 14.3 Å². The van der Waals surface area contributed by atoms with Crippen molar-refractivity contribution in [1.29, 1.82) is 0 Å². The largest absolute Gasteiger partial charge is 0.481 e. The Morgan fingerprint density at radius 1 is 1.38 bits per heavy atom. The van der Waals surface area contributed by atoms with Crippen LogP contribution in [-0.2, 0) is 11.3 Å². The van der Waals surface area contributed by atoms with E-state index in [1.165, 1.54) is 0 Å². The highest BCUT2D eigenvalue weighted by molar-refractivity contribution is 5.84. The van der Waals surface area contributed by atoms with Gasteiger partial charge in [-0.1, -0.05) is 26.0 Å². The molecule has 1 atom stereocenters. The van der Waals surface area contributed by atoms with Crippen molar-refractivity contribution >= 4 is 11.8 Å². The molecule has 1 aromatic carbocycles. The third kappa shape index (κ3) is 10.6. The van der Waals surface area contributed by atoms with Gasteiger partial charge in [-0.3, -0.25) is 4.79 Å². The van der Waals surface area contributed by atoms with Crippen molar-refractivity contribution in [3.8, 4) is 0 Å². The Morgan fingerprint density at radius 2 is 2.00 bits per heavy atom. The Balaban J connectivity index is 0.000000485. The number of nitrogens with zero attached hydrogens (tertiary/aromatic N) is 2. The second-order valence-electron chi connectivity index (χ2n) is 6.93. The number of nitrogens with two attached hydrogens (primary N) is 2. The number of rotatable bonds is 8. The lowest BCUT2D eigenvalue weighted by atomic mass is 9.94. The normalized spacial score (nSPS) is 12.6. The van der Waals surface area contributed by atoms with Crippen LogP contribution >= 0.6 is 0 Å². The average molecular weight is 369 g/mol. The van der Waals surface area contributed by atoms with E-state index in [1.54, 1.807) is 6.07 Å². The molecule has 0 radical (unpaired) electrons. The summed E-state index contributed by atoms with van der Waals surface area (Å²) in [6, 6.07) is 5.34. The van der Waals surface area contributed by atoms with Crippen LogP contribution in [0.25, 0.3) is 0 Å². The minimum atomic E-state index is -0.853. The highest BCUT2D eigenvalue weighted by Gasteiger charge is 2.20. The van der Waals surface area contributed by atoms with Crippen LogP contribution in [0.1, 0.15) is 37.8 Å². The third-order valence-electron chi connectivity index (χ3n) is 3.46. The predicted molar refractivity (Wildman–Crippen MR) is 103 cm³/mol. The Bertz CT molecular complexity index is 591. The molecule has 1 aromatic rings. The molecule has 0 saturated carbocycles. The van der Waals surface area contributed by atoms with Crippen molar-refractivity contribution in [2.75, 3.05) is 14.1 Å². The van der Waals surface area contributed by atoms with Gasteiger partial charge in [0, 0.05) is 18.5 Å². The van der Waals surface area contributed by atoms with Gasteiger partial charge in [0.05, 0.1) is 5.92 Å². The standard InChI is InChI=1S/C10H14FN.C8H18N4O2/c1-8-4-5-9(7-12(2)3)10(11)6-8;1-5(2)3-6(8(13)14)4-7(9)11-12-10/h4-6H,7H2,1-3H3;5-6,12H,3-4,10H2,1-2H3,(H2,9,11)(H,13,14). The monoisotopic (exact) mass is 369 g/mol. The molecule has 0 bridgehead atoms. The first-order chi connectivity index (χ1) is 12.1. The van der Waals surface area contributed by atoms with Gasteiger partial charge in [-0.25, -0.2) is 15.8 Å². The van der Waals surface area contributed by atoms with Crippen molar-refractivity contribution in [3.05, 3.63) is 35.1 Å². The van der Waals surface area contributed by atoms with Gasteiger partial charge in [0.25, 0.3) is 0 Å². The van der Waals surface area contributed by atoms with E-state index in [1.807, 2.05) is 57.4 Å². The van der Waals surface area contributed by atoms with Gasteiger partial charge in [-0.15, -0.1) is 0 Å². The summed E-state index contributed by atoms with van der Waals surface area (Å²) in [4.78, 5) is 12.8. The summed E-state index contributed by atoms with van der Waals surface area (Å²) in [7, 11) is 3.86. The molecule has 6 N–H and O–H groups in total. The molecule has 0 heterocycles. The van der Waals surface area contributed by atoms with Gasteiger partial charge in [0.1, 0.15) is 11.7 Å². The number of hydrogen-bond acceptors (Lipinski definition) is 5. The van der Waals surface area contributed by atoms with Crippen molar-refractivity contribution in [2.45, 2.75) is 40.2 Å². The van der Waals surface area contributed by atoms with Gasteiger partial charge in [-0.05, 0) is 45.0 Å². The number of halogens is 1. The first kappa shape index (κ1) is 23.8. The lowest BCUT2D eigenvalue weighted by Crippen LogP contribution is -2.27. The number of aliphatic carboxylic acids is 1. The molecule has 1 rings (SSSR count). The number of carboxylic acid groups (broad SMARTS) is 1. The van der Waals surface area contributed by atoms with E-state index in [2.05, 4.69) is 5.10 Å². The molecule has 26 heavy (non-hydrogen) atoms. The molecule has 0 amide bonds. The first-order valence-electron chi connectivity index (χ1n) is 8.47.